The topological polar surface area (TPSA) is 540 Å². The van der Waals surface area contributed by atoms with Crippen LogP contribution in [0.5, 0.6) is 0 Å². The standard InChI is InChI=1S/2C12H21O9P3.2C10H8N2.2Ni.4H2O/c2*1-7-10(4-22(13,14)15)8(2)12(6-24(19,20)21)9(3)11(7)5-23(16,17)18;2*1-3-7-11-9(5-1)10-6-2-4-8-12-10;;;;;;/h2*4-6H2,1-3H3,(H2,13,14,15)(H2,16,17,18)(H2,19,20,21);2*1-8H;;;4*1H2/q;;;;2*+2;;;;. The molecule has 4 atom stereocenters. The van der Waals surface area contributed by atoms with Gasteiger partial charge in [-0.25, -0.2) is 0 Å². The maximum absolute atomic E-state index is 11.3. The third kappa shape index (κ3) is 28.5. The number of nitrogens with zero attached hydrogens (tertiary/aromatic N) is 4. The van der Waals surface area contributed by atoms with Gasteiger partial charge in [0.15, 0.2) is 0 Å². The summed E-state index contributed by atoms with van der Waals surface area (Å²) in [6, 6.07) is 23.2. The van der Waals surface area contributed by atoms with Gasteiger partial charge in [-0.3, -0.25) is 29.1 Å². The van der Waals surface area contributed by atoms with Crippen molar-refractivity contribution in [1.29, 1.82) is 0 Å². The first-order chi connectivity index (χ1) is 33.0. The minimum atomic E-state index is -4.75. The van der Waals surface area contributed by atoms with Gasteiger partial charge in [0, 0.05) is 49.4 Å². The number of benzene rings is 2. The molecule has 0 radical (unpaired) electrons. The number of rotatable bonds is 14. The van der Waals surface area contributed by atoms with Crippen LogP contribution >= 0.6 is 45.6 Å². The molecule has 0 amide bonds. The molecule has 4 heterocycles. The Morgan fingerprint density at radius 2 is 0.474 bits per heavy atom. The van der Waals surface area contributed by atoms with E-state index in [1.165, 1.54) is 41.5 Å². The van der Waals surface area contributed by atoms with Crippen molar-refractivity contribution in [2.24, 2.45) is 0 Å². The van der Waals surface area contributed by atoms with Gasteiger partial charge in [0.25, 0.3) is 0 Å². The predicted molar refractivity (Wildman–Crippen MR) is 281 cm³/mol. The fourth-order valence-electron chi connectivity index (χ4n) is 7.47. The van der Waals surface area contributed by atoms with E-state index in [0.717, 1.165) is 22.8 Å². The van der Waals surface area contributed by atoms with E-state index in [9.17, 15) is 66.5 Å². The van der Waals surface area contributed by atoms with Crippen LogP contribution in [0, 0.1) is 41.5 Å². The van der Waals surface area contributed by atoms with Crippen LogP contribution in [-0.4, -0.2) is 59.1 Å². The molecule has 0 saturated heterocycles. The number of hydrogen-bond acceptors (Lipinski definition) is 14. The Balaban J connectivity index is -0.000000475. The zero-order valence-electron chi connectivity index (χ0n) is 42.6. The van der Waals surface area contributed by atoms with E-state index in [-0.39, 0.29) is 122 Å². The molecule has 440 valence electrons. The molecule has 2 aromatic carbocycles. The molecule has 0 spiro atoms. The summed E-state index contributed by atoms with van der Waals surface area (Å²) in [5.41, 5.74) is 5.57. The van der Waals surface area contributed by atoms with E-state index in [0.29, 0.717) is 0 Å². The van der Waals surface area contributed by atoms with Crippen molar-refractivity contribution >= 4 is 45.6 Å². The Kier molecular flexibility index (Phi) is 35.7. The number of hydrogen-bond donors (Lipinski definition) is 8. The van der Waals surface area contributed by atoms with E-state index in [4.69, 9.17) is 19.6 Å². The second kappa shape index (κ2) is 34.3. The van der Waals surface area contributed by atoms with Crippen molar-refractivity contribution in [1.82, 2.24) is 19.9 Å². The molecule has 20 N–H and O–H groups in total. The van der Waals surface area contributed by atoms with Gasteiger partial charge < -0.3 is 98.9 Å². The van der Waals surface area contributed by atoms with Crippen LogP contribution < -0.4 is 19.6 Å². The van der Waals surface area contributed by atoms with Crippen molar-refractivity contribution in [3.05, 3.63) is 164 Å². The molecular weight excluding hydrogens is 1240 g/mol. The summed E-state index contributed by atoms with van der Waals surface area (Å²) >= 11 is 0. The molecule has 6 aromatic rings. The molecule has 78 heavy (non-hydrogen) atoms. The molecule has 0 saturated carbocycles. The molecular formula is C44H66N4Ni2O22P6+4. The van der Waals surface area contributed by atoms with E-state index in [2.05, 4.69) is 19.9 Å². The Bertz CT molecular complexity index is 2570. The minimum Gasteiger partial charge on any atom is -0.778 e. The van der Waals surface area contributed by atoms with Gasteiger partial charge in [0.1, 0.15) is 30.4 Å². The third-order valence-corrected chi connectivity index (χ3v) is 15.1. The first kappa shape index (κ1) is 81.2. The first-order valence-corrected chi connectivity index (χ1v) is 31.7. The van der Waals surface area contributed by atoms with E-state index >= 15 is 0 Å². The first-order valence-electron chi connectivity index (χ1n) is 21.0. The Hall–Kier alpha value is -3.23. The molecule has 0 fully saturated rings. The van der Waals surface area contributed by atoms with E-state index < -0.39 is 82.5 Å². The molecule has 0 aliphatic rings. The van der Waals surface area contributed by atoms with Gasteiger partial charge >= 0.3 is 48.2 Å². The summed E-state index contributed by atoms with van der Waals surface area (Å²) in [4.78, 5) is 135. The molecule has 4 unspecified atom stereocenters. The molecule has 26 nitrogen and oxygen atoms in total. The quantitative estimate of drug-likeness (QED) is 0.0433. The molecule has 4 aromatic heterocycles. The summed E-state index contributed by atoms with van der Waals surface area (Å²) in [6.07, 6.45) is 2.42. The van der Waals surface area contributed by atoms with E-state index in [1.807, 2.05) is 72.8 Å². The summed E-state index contributed by atoms with van der Waals surface area (Å²) in [7, 11) is -28.0. The molecule has 0 aliphatic carbocycles. The van der Waals surface area contributed by atoms with Gasteiger partial charge in [-0.1, -0.05) is 24.3 Å². The summed E-state index contributed by atoms with van der Waals surface area (Å²) in [5, 5.41) is 0. The third-order valence-electron chi connectivity index (χ3n) is 10.8. The molecule has 6 rings (SSSR count). The van der Waals surface area contributed by atoms with Crippen LogP contribution in [0.4, 0.5) is 0 Å². The molecule has 0 bridgehead atoms. The molecule has 34 heteroatoms. The maximum Gasteiger partial charge on any atom is 2.00 e. The van der Waals surface area contributed by atoms with Crippen LogP contribution in [0.3, 0.4) is 0 Å². The fourth-order valence-corrected chi connectivity index (χ4v) is 12.7. The molecule has 0 aliphatic heterocycles. The van der Waals surface area contributed by atoms with Crippen molar-refractivity contribution in [3.8, 4) is 22.8 Å². The van der Waals surface area contributed by atoms with Gasteiger partial charge in [-0.05, 0) is 157 Å². The summed E-state index contributed by atoms with van der Waals surface area (Å²) < 4.78 is 67.7. The van der Waals surface area contributed by atoms with Gasteiger partial charge in [0.05, 0.1) is 35.1 Å². The van der Waals surface area contributed by atoms with Crippen LogP contribution in [-0.2, 0) is 119 Å². The van der Waals surface area contributed by atoms with Crippen molar-refractivity contribution in [2.45, 2.75) is 78.5 Å². The smallest absolute Gasteiger partial charge is 0.778 e. The second-order valence-electron chi connectivity index (χ2n) is 16.3. The average molecular weight is 1310 g/mol. The zero-order valence-corrected chi connectivity index (χ0v) is 49.9. The zero-order chi connectivity index (χ0) is 54.6. The van der Waals surface area contributed by atoms with Gasteiger partial charge in [-0.2, -0.15) is 0 Å². The van der Waals surface area contributed by atoms with Crippen LogP contribution in [0.1, 0.15) is 66.8 Å². The van der Waals surface area contributed by atoms with Crippen molar-refractivity contribution < 1.29 is 141 Å². The predicted octanol–water partition coefficient (Wildman–Crippen LogP) is 1.36. The SMILES string of the molecule is Cc1c(CP(=O)([O-])O)c(C)c(CP(=O)(O)O)c(C)c1CP(=O)([O-])O.Cc1c(CP(=O)([O-])O)c(C)c(CP(=O)(O)O)c(C)c1CP(=O)([O-])O.[Ni+2].[Ni+2].[OH3+].[OH3+].[OH3+].[OH3+].c1ccc(-c2ccccn2)nc1.c1ccc(-c2ccccn2)nc1. The monoisotopic (exact) mass is 1300 g/mol. The minimum absolute atomic E-state index is 0. The second-order valence-corrected chi connectivity index (χ2v) is 26.0. The van der Waals surface area contributed by atoms with Crippen LogP contribution in [0.2, 0.25) is 0 Å². The van der Waals surface area contributed by atoms with Gasteiger partial charge in [0.2, 0.25) is 0 Å². The fraction of sp³-hybridized carbons (Fsp3) is 0.273. The average Bonchev–Trinajstić information content (AvgIpc) is 3.27. The number of aromatic nitrogens is 4. The van der Waals surface area contributed by atoms with Crippen molar-refractivity contribution in [3.63, 3.8) is 0 Å². The Morgan fingerprint density at radius 1 is 0.321 bits per heavy atom. The summed E-state index contributed by atoms with van der Waals surface area (Å²) in [5.74, 6) is 0. The number of pyridine rings is 4. The summed E-state index contributed by atoms with van der Waals surface area (Å²) in [6.45, 7) is 8.62. The largest absolute Gasteiger partial charge is 2.00 e. The van der Waals surface area contributed by atoms with Crippen LogP contribution in [0.15, 0.2) is 97.6 Å². The van der Waals surface area contributed by atoms with Crippen molar-refractivity contribution in [2.75, 3.05) is 0 Å². The van der Waals surface area contributed by atoms with Crippen LogP contribution in [0.25, 0.3) is 22.8 Å². The Morgan fingerprint density at radius 3 is 0.590 bits per heavy atom. The Labute approximate surface area is 469 Å². The van der Waals surface area contributed by atoms with E-state index in [1.54, 1.807) is 24.8 Å². The maximum atomic E-state index is 11.3. The normalized spacial score (nSPS) is 13.7. The van der Waals surface area contributed by atoms with Gasteiger partial charge in [-0.15, -0.1) is 0 Å².